The number of ether oxygens (including phenoxy) is 1. The van der Waals surface area contributed by atoms with Gasteiger partial charge in [-0.2, -0.15) is 0 Å². The highest BCUT2D eigenvalue weighted by molar-refractivity contribution is 7.91. The Balaban J connectivity index is 2.82. The van der Waals surface area contributed by atoms with Crippen LogP contribution >= 0.6 is 0 Å². The van der Waals surface area contributed by atoms with Gasteiger partial charge in [0.2, 0.25) is 5.91 Å². The van der Waals surface area contributed by atoms with Crippen LogP contribution in [-0.2, 0) is 14.6 Å². The van der Waals surface area contributed by atoms with E-state index in [2.05, 4.69) is 0 Å². The normalized spacial score (nSPS) is 12.9. The third kappa shape index (κ3) is 7.24. The van der Waals surface area contributed by atoms with Gasteiger partial charge in [0, 0.05) is 31.6 Å². The Labute approximate surface area is 167 Å². The Hall–Kier alpha value is -1.93. The third-order valence-corrected chi connectivity index (χ3v) is 6.29. The first kappa shape index (κ1) is 24.1. The molecule has 1 amide bonds. The Morgan fingerprint density at radius 1 is 1.29 bits per heavy atom. The van der Waals surface area contributed by atoms with Crippen LogP contribution in [0, 0.1) is 11.3 Å². The van der Waals surface area contributed by atoms with Crippen molar-refractivity contribution >= 4 is 15.7 Å². The monoisotopic (exact) mass is 414 g/mol. The van der Waals surface area contributed by atoms with E-state index in [1.165, 1.54) is 24.3 Å². The molecular formula is C20H31FN2O4S. The summed E-state index contributed by atoms with van der Waals surface area (Å²) in [6, 6.07) is 5.98. The van der Waals surface area contributed by atoms with Crippen molar-refractivity contribution in [1.82, 2.24) is 4.90 Å². The van der Waals surface area contributed by atoms with E-state index in [0.717, 1.165) is 0 Å². The fourth-order valence-corrected chi connectivity index (χ4v) is 4.70. The van der Waals surface area contributed by atoms with Gasteiger partial charge in [0.1, 0.15) is 12.4 Å². The Kier molecular flexibility index (Phi) is 8.63. The SMILES string of the molecule is CC(C)C(=O)N(C)CC(C)(C)CS(=O)(=O)c1ccc(OC/C(=C/F)CN)cc1. The maximum atomic E-state index is 12.8. The number of hydrogen-bond acceptors (Lipinski definition) is 5. The number of carbonyl (C=O) groups is 1. The third-order valence-electron chi connectivity index (χ3n) is 4.14. The molecule has 158 valence electrons. The number of nitrogens with two attached hydrogens (primary N) is 1. The van der Waals surface area contributed by atoms with Gasteiger partial charge in [-0.1, -0.05) is 27.7 Å². The molecular weight excluding hydrogens is 383 g/mol. The van der Waals surface area contributed by atoms with Crippen molar-refractivity contribution in [3.63, 3.8) is 0 Å². The zero-order valence-corrected chi connectivity index (χ0v) is 18.1. The van der Waals surface area contributed by atoms with Gasteiger partial charge in [-0.25, -0.2) is 12.8 Å². The number of amides is 1. The summed E-state index contributed by atoms with van der Waals surface area (Å²) in [4.78, 5) is 13.8. The second-order valence-corrected chi connectivity index (χ2v) is 9.99. The Morgan fingerprint density at radius 2 is 1.86 bits per heavy atom. The lowest BCUT2D eigenvalue weighted by atomic mass is 9.95. The zero-order valence-electron chi connectivity index (χ0n) is 17.2. The minimum absolute atomic E-state index is 0.00232. The Bertz CT molecular complexity index is 787. The van der Waals surface area contributed by atoms with E-state index in [0.29, 0.717) is 24.2 Å². The summed E-state index contributed by atoms with van der Waals surface area (Å²) >= 11 is 0. The average molecular weight is 415 g/mol. The van der Waals surface area contributed by atoms with Gasteiger partial charge >= 0.3 is 0 Å². The number of halogens is 1. The minimum Gasteiger partial charge on any atom is -0.489 e. The lowest BCUT2D eigenvalue weighted by Crippen LogP contribution is -2.41. The second-order valence-electron chi connectivity index (χ2n) is 8.00. The molecule has 0 unspecified atom stereocenters. The van der Waals surface area contributed by atoms with Crippen LogP contribution in [0.3, 0.4) is 0 Å². The first-order valence-corrected chi connectivity index (χ1v) is 10.8. The molecule has 1 aromatic rings. The number of rotatable bonds is 10. The number of hydrogen-bond donors (Lipinski definition) is 1. The molecule has 0 bridgehead atoms. The quantitative estimate of drug-likeness (QED) is 0.636. The molecule has 1 rings (SSSR count). The van der Waals surface area contributed by atoms with Gasteiger partial charge in [-0.15, -0.1) is 0 Å². The van der Waals surface area contributed by atoms with Crippen molar-refractivity contribution in [2.45, 2.75) is 32.6 Å². The van der Waals surface area contributed by atoms with Gasteiger partial charge in [-0.05, 0) is 29.7 Å². The molecule has 0 aliphatic rings. The standard InChI is InChI=1S/C20H31FN2O4S/c1-15(2)19(24)23(5)13-20(3,4)14-28(25,26)18-8-6-17(7-9-18)27-12-16(10-21)11-22/h6-10,15H,11-14,22H2,1-5H3/b16-10+. The summed E-state index contributed by atoms with van der Waals surface area (Å²) in [5.41, 5.74) is 5.05. The van der Waals surface area contributed by atoms with Crippen LogP contribution in [0.2, 0.25) is 0 Å². The highest BCUT2D eigenvalue weighted by atomic mass is 32.2. The molecule has 0 heterocycles. The second kappa shape index (κ2) is 10.0. The van der Waals surface area contributed by atoms with Crippen LogP contribution in [0.1, 0.15) is 27.7 Å². The maximum absolute atomic E-state index is 12.8. The van der Waals surface area contributed by atoms with E-state index in [9.17, 15) is 17.6 Å². The zero-order chi connectivity index (χ0) is 21.5. The van der Waals surface area contributed by atoms with E-state index in [4.69, 9.17) is 10.5 Å². The van der Waals surface area contributed by atoms with Crippen LogP contribution in [0.25, 0.3) is 0 Å². The first-order chi connectivity index (χ1) is 12.9. The van der Waals surface area contributed by atoms with Crippen molar-refractivity contribution < 1.29 is 22.3 Å². The molecule has 0 aliphatic carbocycles. The molecule has 8 heteroatoms. The van der Waals surface area contributed by atoms with Crippen molar-refractivity contribution in [3.8, 4) is 5.75 Å². The number of benzene rings is 1. The molecule has 0 radical (unpaired) electrons. The van der Waals surface area contributed by atoms with Gasteiger partial charge in [0.05, 0.1) is 17.0 Å². The highest BCUT2D eigenvalue weighted by Gasteiger charge is 2.30. The van der Waals surface area contributed by atoms with E-state index in [1.807, 2.05) is 27.7 Å². The van der Waals surface area contributed by atoms with Crippen molar-refractivity contribution in [1.29, 1.82) is 0 Å². The summed E-state index contributed by atoms with van der Waals surface area (Å²) in [5.74, 6) is 0.161. The molecule has 6 nitrogen and oxygen atoms in total. The van der Waals surface area contributed by atoms with Crippen molar-refractivity contribution in [2.24, 2.45) is 17.1 Å². The summed E-state index contributed by atoms with van der Waals surface area (Å²) in [6.45, 7) is 7.65. The molecule has 2 N–H and O–H groups in total. The predicted molar refractivity (Wildman–Crippen MR) is 108 cm³/mol. The molecule has 0 aromatic heterocycles. The number of sulfone groups is 1. The van der Waals surface area contributed by atoms with Crippen LogP contribution in [-0.4, -0.2) is 51.7 Å². The lowest BCUT2D eigenvalue weighted by Gasteiger charge is -2.31. The van der Waals surface area contributed by atoms with Crippen molar-refractivity contribution in [3.05, 3.63) is 36.2 Å². The maximum Gasteiger partial charge on any atom is 0.224 e. The molecule has 1 aromatic carbocycles. The fraction of sp³-hybridized carbons (Fsp3) is 0.550. The van der Waals surface area contributed by atoms with Gasteiger partial charge < -0.3 is 15.4 Å². The molecule has 0 atom stereocenters. The Morgan fingerprint density at radius 3 is 2.32 bits per heavy atom. The summed E-state index contributed by atoms with van der Waals surface area (Å²) < 4.78 is 43.5. The van der Waals surface area contributed by atoms with E-state index < -0.39 is 15.3 Å². The number of carbonyl (C=O) groups excluding carboxylic acids is 1. The molecule has 28 heavy (non-hydrogen) atoms. The van der Waals surface area contributed by atoms with Crippen LogP contribution < -0.4 is 10.5 Å². The summed E-state index contributed by atoms with van der Waals surface area (Å²) in [6.07, 6.45) is 0.405. The topological polar surface area (TPSA) is 89.7 Å². The molecule has 0 spiro atoms. The smallest absolute Gasteiger partial charge is 0.224 e. The summed E-state index contributed by atoms with van der Waals surface area (Å²) in [7, 11) is -1.87. The van der Waals surface area contributed by atoms with E-state index in [-0.39, 0.29) is 35.6 Å². The number of nitrogens with zero attached hydrogens (tertiary/aromatic N) is 1. The van der Waals surface area contributed by atoms with Crippen LogP contribution in [0.4, 0.5) is 4.39 Å². The highest BCUT2D eigenvalue weighted by Crippen LogP contribution is 2.25. The first-order valence-electron chi connectivity index (χ1n) is 9.10. The van der Waals surface area contributed by atoms with Gasteiger partial charge in [-0.3, -0.25) is 4.79 Å². The predicted octanol–water partition coefficient (Wildman–Crippen LogP) is 2.79. The molecule has 0 saturated heterocycles. The average Bonchev–Trinajstić information content (AvgIpc) is 2.60. The van der Waals surface area contributed by atoms with Gasteiger partial charge in [0.25, 0.3) is 0 Å². The van der Waals surface area contributed by atoms with Crippen molar-refractivity contribution in [2.75, 3.05) is 32.5 Å². The lowest BCUT2D eigenvalue weighted by molar-refractivity contribution is -0.134. The van der Waals surface area contributed by atoms with Crippen LogP contribution in [0.5, 0.6) is 5.75 Å². The summed E-state index contributed by atoms with van der Waals surface area (Å²) in [5, 5.41) is 0. The van der Waals surface area contributed by atoms with E-state index >= 15 is 0 Å². The van der Waals surface area contributed by atoms with E-state index in [1.54, 1.807) is 11.9 Å². The largest absolute Gasteiger partial charge is 0.489 e. The fourth-order valence-electron chi connectivity index (χ4n) is 2.86. The van der Waals surface area contributed by atoms with Gasteiger partial charge in [0.15, 0.2) is 9.84 Å². The van der Waals surface area contributed by atoms with Crippen LogP contribution in [0.15, 0.2) is 41.1 Å². The molecule has 0 fully saturated rings. The minimum atomic E-state index is -3.55. The molecule has 0 aliphatic heterocycles. The molecule has 0 saturated carbocycles.